The monoisotopic (exact) mass is 474 g/mol. The van der Waals surface area contributed by atoms with Crippen LogP contribution in [0.2, 0.25) is 0 Å². The van der Waals surface area contributed by atoms with E-state index in [4.69, 9.17) is 15.2 Å². The van der Waals surface area contributed by atoms with E-state index < -0.39 is 5.60 Å². The Morgan fingerprint density at radius 2 is 1.77 bits per heavy atom. The van der Waals surface area contributed by atoms with E-state index in [1.165, 1.54) is 0 Å². The number of rotatable bonds is 2. The Hall–Kier alpha value is -3.28. The number of hydrogen-bond acceptors (Lipinski definition) is 5. The Bertz CT molecular complexity index is 1240. The second-order valence-electron chi connectivity index (χ2n) is 11.4. The number of nitrogens with two attached hydrogens (primary N) is 1. The molecule has 184 valence electrons. The predicted octanol–water partition coefficient (Wildman–Crippen LogP) is 5.53. The Labute approximate surface area is 207 Å². The molecule has 1 aliphatic heterocycles. The highest BCUT2D eigenvalue weighted by Gasteiger charge is 2.43. The number of ether oxygens (including phenoxy) is 2. The SMILES string of the molecule is CC(C)(C)OC(=O)N1CCC(Oc2ccc3c(c2)C(C)(C)C2=C(C3=O)c3cc(N)ccc3C2)CC1. The van der Waals surface area contributed by atoms with Gasteiger partial charge in [0.25, 0.3) is 0 Å². The number of Topliss-reactive ketones (excluding diaryl/α,β-unsaturated/α-hetero) is 1. The van der Waals surface area contributed by atoms with Crippen molar-refractivity contribution in [2.24, 2.45) is 0 Å². The maximum Gasteiger partial charge on any atom is 0.410 e. The van der Waals surface area contributed by atoms with Crippen LogP contribution in [0.5, 0.6) is 5.75 Å². The second kappa shape index (κ2) is 8.14. The quantitative estimate of drug-likeness (QED) is 0.579. The van der Waals surface area contributed by atoms with Crippen molar-refractivity contribution in [3.8, 4) is 5.75 Å². The lowest BCUT2D eigenvalue weighted by Gasteiger charge is -2.36. The summed E-state index contributed by atoms with van der Waals surface area (Å²) < 4.78 is 11.8. The lowest BCUT2D eigenvalue weighted by Crippen LogP contribution is -2.44. The first-order chi connectivity index (χ1) is 16.4. The number of likely N-dealkylation sites (tertiary alicyclic amines) is 1. The molecular weight excluding hydrogens is 440 g/mol. The number of carbonyl (C=O) groups excluding carboxylic acids is 2. The van der Waals surface area contributed by atoms with E-state index in [-0.39, 0.29) is 23.4 Å². The molecule has 0 bridgehead atoms. The topological polar surface area (TPSA) is 81.9 Å². The molecule has 1 heterocycles. The van der Waals surface area contributed by atoms with E-state index in [9.17, 15) is 9.59 Å². The second-order valence-corrected chi connectivity index (χ2v) is 11.4. The van der Waals surface area contributed by atoms with Crippen molar-refractivity contribution in [3.05, 3.63) is 64.2 Å². The lowest BCUT2D eigenvalue weighted by molar-refractivity contribution is 0.0126. The van der Waals surface area contributed by atoms with Crippen molar-refractivity contribution in [2.75, 3.05) is 18.8 Å². The Kier molecular flexibility index (Phi) is 5.46. The van der Waals surface area contributed by atoms with Gasteiger partial charge in [-0.05, 0) is 79.8 Å². The highest BCUT2D eigenvalue weighted by molar-refractivity contribution is 6.33. The number of benzene rings is 2. The summed E-state index contributed by atoms with van der Waals surface area (Å²) in [6, 6.07) is 11.7. The van der Waals surface area contributed by atoms with Crippen molar-refractivity contribution < 1.29 is 19.1 Å². The van der Waals surface area contributed by atoms with Gasteiger partial charge in [-0.2, -0.15) is 0 Å². The minimum absolute atomic E-state index is 0.0163. The zero-order chi connectivity index (χ0) is 25.1. The first-order valence-electron chi connectivity index (χ1n) is 12.4. The van der Waals surface area contributed by atoms with Crippen LogP contribution in [-0.2, 0) is 16.6 Å². The molecule has 2 aromatic rings. The zero-order valence-electron chi connectivity index (χ0n) is 21.2. The maximum atomic E-state index is 13.6. The fourth-order valence-electron chi connectivity index (χ4n) is 5.50. The number of carbonyl (C=O) groups is 2. The summed E-state index contributed by atoms with van der Waals surface area (Å²) in [4.78, 5) is 27.7. The third kappa shape index (κ3) is 4.19. The van der Waals surface area contributed by atoms with Crippen LogP contribution in [0.4, 0.5) is 10.5 Å². The fraction of sp³-hybridized carbons (Fsp3) is 0.448. The minimum atomic E-state index is -0.500. The molecule has 2 aromatic carbocycles. The molecule has 0 saturated carbocycles. The number of nitrogens with zero attached hydrogens (tertiary/aromatic N) is 1. The molecule has 1 fully saturated rings. The van der Waals surface area contributed by atoms with E-state index in [2.05, 4.69) is 13.8 Å². The molecule has 0 aromatic heterocycles. The molecule has 3 aliphatic rings. The lowest BCUT2D eigenvalue weighted by atomic mass is 9.68. The third-order valence-corrected chi connectivity index (χ3v) is 7.36. The Balaban J connectivity index is 1.33. The first-order valence-corrected chi connectivity index (χ1v) is 12.4. The van der Waals surface area contributed by atoms with Crippen LogP contribution in [0.15, 0.2) is 42.0 Å². The molecule has 2 aliphatic carbocycles. The van der Waals surface area contributed by atoms with Crippen molar-refractivity contribution in [1.82, 2.24) is 4.90 Å². The van der Waals surface area contributed by atoms with E-state index in [1.807, 2.05) is 57.2 Å². The predicted molar refractivity (Wildman–Crippen MR) is 137 cm³/mol. The first kappa shape index (κ1) is 23.5. The van der Waals surface area contributed by atoms with Crippen LogP contribution in [0, 0.1) is 0 Å². The number of nitrogen functional groups attached to an aromatic ring is 1. The number of hydrogen-bond donors (Lipinski definition) is 1. The number of anilines is 1. The summed E-state index contributed by atoms with van der Waals surface area (Å²) in [6.07, 6.45) is 1.99. The zero-order valence-corrected chi connectivity index (χ0v) is 21.2. The van der Waals surface area contributed by atoms with E-state index in [1.54, 1.807) is 4.90 Å². The van der Waals surface area contributed by atoms with Gasteiger partial charge in [0, 0.05) is 48.2 Å². The normalized spacial score (nSPS) is 19.2. The van der Waals surface area contributed by atoms with Gasteiger partial charge < -0.3 is 20.1 Å². The third-order valence-electron chi connectivity index (χ3n) is 7.36. The Morgan fingerprint density at radius 3 is 2.46 bits per heavy atom. The number of ketones is 1. The van der Waals surface area contributed by atoms with Gasteiger partial charge in [-0.1, -0.05) is 19.9 Å². The van der Waals surface area contributed by atoms with Gasteiger partial charge >= 0.3 is 6.09 Å². The van der Waals surface area contributed by atoms with Gasteiger partial charge in [0.2, 0.25) is 0 Å². The molecule has 0 unspecified atom stereocenters. The standard InChI is InChI=1S/C29H34N2O4/c1-28(2,3)35-27(33)31-12-10-19(11-13-31)34-20-8-9-21-23(16-20)29(4,5)24-14-17-6-7-18(30)15-22(17)25(24)26(21)32/h6-9,15-16,19H,10-14,30H2,1-5H3. The summed E-state index contributed by atoms with van der Waals surface area (Å²) in [5.41, 5.74) is 11.8. The van der Waals surface area contributed by atoms with Gasteiger partial charge in [0.05, 0.1) is 0 Å². The smallest absolute Gasteiger partial charge is 0.410 e. The summed E-state index contributed by atoms with van der Waals surface area (Å²) in [7, 11) is 0. The van der Waals surface area contributed by atoms with Crippen LogP contribution in [0.25, 0.3) is 5.57 Å². The van der Waals surface area contributed by atoms with Crippen LogP contribution >= 0.6 is 0 Å². The number of allylic oxidation sites excluding steroid dienone is 2. The van der Waals surface area contributed by atoms with Crippen LogP contribution < -0.4 is 10.5 Å². The van der Waals surface area contributed by atoms with E-state index in [0.29, 0.717) is 18.8 Å². The van der Waals surface area contributed by atoms with Gasteiger partial charge in [-0.3, -0.25) is 4.79 Å². The summed E-state index contributed by atoms with van der Waals surface area (Å²) in [5.74, 6) is 0.833. The maximum absolute atomic E-state index is 13.6. The molecule has 0 spiro atoms. The number of fused-ring (bicyclic) bond motifs is 3. The van der Waals surface area contributed by atoms with Gasteiger partial charge in [0.15, 0.2) is 5.78 Å². The Morgan fingerprint density at radius 1 is 1.06 bits per heavy atom. The highest BCUT2D eigenvalue weighted by atomic mass is 16.6. The van der Waals surface area contributed by atoms with Gasteiger partial charge in [-0.25, -0.2) is 4.79 Å². The van der Waals surface area contributed by atoms with Crippen molar-refractivity contribution in [2.45, 2.75) is 71.0 Å². The molecule has 5 rings (SSSR count). The number of amides is 1. The van der Waals surface area contributed by atoms with Crippen LogP contribution in [-0.4, -0.2) is 41.6 Å². The molecule has 6 heteroatoms. The van der Waals surface area contributed by atoms with E-state index >= 15 is 0 Å². The van der Waals surface area contributed by atoms with Crippen molar-refractivity contribution >= 4 is 23.1 Å². The van der Waals surface area contributed by atoms with Crippen LogP contribution in [0.3, 0.4) is 0 Å². The molecule has 2 N–H and O–H groups in total. The summed E-state index contributed by atoms with van der Waals surface area (Å²) in [6.45, 7) is 11.2. The molecule has 0 radical (unpaired) electrons. The molecule has 1 saturated heterocycles. The molecule has 6 nitrogen and oxygen atoms in total. The van der Waals surface area contributed by atoms with Crippen molar-refractivity contribution in [1.29, 1.82) is 0 Å². The minimum Gasteiger partial charge on any atom is -0.490 e. The molecular formula is C29H34N2O4. The summed E-state index contributed by atoms with van der Waals surface area (Å²) in [5, 5.41) is 0. The molecule has 35 heavy (non-hydrogen) atoms. The van der Waals surface area contributed by atoms with Gasteiger partial charge in [0.1, 0.15) is 17.5 Å². The van der Waals surface area contributed by atoms with E-state index in [0.717, 1.165) is 58.4 Å². The average Bonchev–Trinajstić information content (AvgIpc) is 3.17. The summed E-state index contributed by atoms with van der Waals surface area (Å²) >= 11 is 0. The highest BCUT2D eigenvalue weighted by Crippen LogP contribution is 2.50. The van der Waals surface area contributed by atoms with Crippen LogP contribution in [0.1, 0.15) is 74.5 Å². The molecule has 0 atom stereocenters. The number of piperidine rings is 1. The molecule has 1 amide bonds. The van der Waals surface area contributed by atoms with Gasteiger partial charge in [-0.15, -0.1) is 0 Å². The average molecular weight is 475 g/mol. The largest absolute Gasteiger partial charge is 0.490 e. The fourth-order valence-corrected chi connectivity index (χ4v) is 5.50. The van der Waals surface area contributed by atoms with Crippen molar-refractivity contribution in [3.63, 3.8) is 0 Å².